The van der Waals surface area contributed by atoms with Crippen molar-refractivity contribution in [3.63, 3.8) is 0 Å². The Morgan fingerprint density at radius 1 is 1.22 bits per heavy atom. The van der Waals surface area contributed by atoms with Crippen LogP contribution in [0.5, 0.6) is 0 Å². The van der Waals surface area contributed by atoms with Crippen LogP contribution < -0.4 is 11.5 Å². The number of nitrogens with zero attached hydrogens (tertiary/aromatic N) is 3. The molecule has 0 spiro atoms. The molecule has 0 aromatic heterocycles. The molecule has 0 amide bonds. The standard InChI is InChI=1S/C14H12BrN5O2S/c15-10-2-4-11(5-3-10)23-13-6-1-9(7-12(13)20(21)22)8-18-19-14(16)17/h1-8H,(H4,16,17,19). The quantitative estimate of drug-likeness (QED) is 0.349. The van der Waals surface area contributed by atoms with Gasteiger partial charge in [-0.1, -0.05) is 33.8 Å². The van der Waals surface area contributed by atoms with Crippen LogP contribution in [-0.2, 0) is 0 Å². The van der Waals surface area contributed by atoms with E-state index < -0.39 is 4.92 Å². The summed E-state index contributed by atoms with van der Waals surface area (Å²) in [4.78, 5) is 12.3. The Morgan fingerprint density at radius 3 is 2.52 bits per heavy atom. The van der Waals surface area contributed by atoms with Crippen molar-refractivity contribution in [3.8, 4) is 0 Å². The van der Waals surface area contributed by atoms with Gasteiger partial charge < -0.3 is 11.5 Å². The highest BCUT2D eigenvalue weighted by Crippen LogP contribution is 2.35. The zero-order valence-corrected chi connectivity index (χ0v) is 14.1. The Balaban J connectivity index is 2.29. The smallest absolute Gasteiger partial charge is 0.283 e. The molecule has 0 radical (unpaired) electrons. The minimum absolute atomic E-state index is 0.00781. The Labute approximate surface area is 144 Å². The number of nitro benzene ring substituents is 1. The van der Waals surface area contributed by atoms with Crippen molar-refractivity contribution in [2.75, 3.05) is 0 Å². The van der Waals surface area contributed by atoms with Crippen LogP contribution in [0.15, 0.2) is 66.9 Å². The van der Waals surface area contributed by atoms with Gasteiger partial charge in [0, 0.05) is 21.0 Å². The first-order valence-electron chi connectivity index (χ1n) is 6.29. The zero-order chi connectivity index (χ0) is 16.8. The van der Waals surface area contributed by atoms with Crippen LogP contribution in [0.3, 0.4) is 0 Å². The van der Waals surface area contributed by atoms with Gasteiger partial charge in [0.15, 0.2) is 0 Å². The SMILES string of the molecule is NC(N)=NN=Cc1ccc(Sc2ccc(Br)cc2)c([N+](=O)[O-])c1. The van der Waals surface area contributed by atoms with Gasteiger partial charge in [-0.15, -0.1) is 5.10 Å². The first-order chi connectivity index (χ1) is 11.0. The highest BCUT2D eigenvalue weighted by Gasteiger charge is 2.15. The molecule has 0 saturated carbocycles. The van der Waals surface area contributed by atoms with E-state index >= 15 is 0 Å². The van der Waals surface area contributed by atoms with Crippen LogP contribution in [0, 0.1) is 10.1 Å². The van der Waals surface area contributed by atoms with Crippen molar-refractivity contribution in [1.29, 1.82) is 0 Å². The topological polar surface area (TPSA) is 120 Å². The first-order valence-corrected chi connectivity index (χ1v) is 7.90. The third kappa shape index (κ3) is 5.08. The summed E-state index contributed by atoms with van der Waals surface area (Å²) in [6.45, 7) is 0. The van der Waals surface area contributed by atoms with E-state index in [1.807, 2.05) is 24.3 Å². The second-order valence-corrected chi connectivity index (χ2v) is 6.34. The minimum atomic E-state index is -0.431. The molecule has 9 heteroatoms. The molecule has 0 unspecified atom stereocenters. The lowest BCUT2D eigenvalue weighted by Gasteiger charge is -2.04. The summed E-state index contributed by atoms with van der Waals surface area (Å²) in [6, 6.07) is 12.3. The van der Waals surface area contributed by atoms with Crippen molar-refractivity contribution in [2.45, 2.75) is 9.79 Å². The van der Waals surface area contributed by atoms with Gasteiger partial charge in [-0.25, -0.2) is 0 Å². The van der Waals surface area contributed by atoms with Gasteiger partial charge in [0.25, 0.3) is 5.69 Å². The van der Waals surface area contributed by atoms with Crippen LogP contribution in [0.1, 0.15) is 5.56 Å². The molecule has 0 aliphatic rings. The monoisotopic (exact) mass is 393 g/mol. The van der Waals surface area contributed by atoms with Crippen molar-refractivity contribution in [3.05, 3.63) is 62.6 Å². The van der Waals surface area contributed by atoms with E-state index in [0.29, 0.717) is 10.5 Å². The number of nitrogens with two attached hydrogens (primary N) is 2. The fraction of sp³-hybridized carbons (Fsp3) is 0. The molecule has 118 valence electrons. The van der Waals surface area contributed by atoms with E-state index in [2.05, 4.69) is 26.1 Å². The van der Waals surface area contributed by atoms with Gasteiger partial charge in [0.05, 0.1) is 16.0 Å². The molecule has 2 aromatic carbocycles. The number of benzene rings is 2. The normalized spacial score (nSPS) is 10.7. The number of guanidine groups is 1. The maximum absolute atomic E-state index is 11.3. The third-order valence-electron chi connectivity index (χ3n) is 2.60. The van der Waals surface area contributed by atoms with E-state index in [-0.39, 0.29) is 11.6 Å². The molecule has 0 saturated heterocycles. The van der Waals surface area contributed by atoms with E-state index in [9.17, 15) is 10.1 Å². The Morgan fingerprint density at radius 2 is 1.91 bits per heavy atom. The maximum atomic E-state index is 11.3. The van der Waals surface area contributed by atoms with E-state index in [1.54, 1.807) is 12.1 Å². The van der Waals surface area contributed by atoms with E-state index in [0.717, 1.165) is 9.37 Å². The molecule has 7 nitrogen and oxygen atoms in total. The van der Waals surface area contributed by atoms with Crippen molar-refractivity contribution >= 4 is 45.6 Å². The van der Waals surface area contributed by atoms with Crippen molar-refractivity contribution < 1.29 is 4.92 Å². The molecule has 0 fully saturated rings. The lowest BCUT2D eigenvalue weighted by Crippen LogP contribution is -2.21. The molecule has 0 aliphatic heterocycles. The average molecular weight is 394 g/mol. The fourth-order valence-electron chi connectivity index (χ4n) is 1.64. The maximum Gasteiger partial charge on any atom is 0.283 e. The fourth-order valence-corrected chi connectivity index (χ4v) is 2.80. The number of hydrogen-bond acceptors (Lipinski definition) is 5. The molecule has 2 rings (SSSR count). The highest BCUT2D eigenvalue weighted by atomic mass is 79.9. The summed E-state index contributed by atoms with van der Waals surface area (Å²) in [5.41, 5.74) is 10.8. The van der Waals surface area contributed by atoms with Gasteiger partial charge in [-0.2, -0.15) is 5.10 Å². The van der Waals surface area contributed by atoms with Crippen LogP contribution in [0.25, 0.3) is 0 Å². The number of rotatable bonds is 5. The van der Waals surface area contributed by atoms with E-state index in [1.165, 1.54) is 24.0 Å². The summed E-state index contributed by atoms with van der Waals surface area (Å²) >= 11 is 4.67. The van der Waals surface area contributed by atoms with Gasteiger partial charge in [-0.05, 0) is 30.3 Å². The van der Waals surface area contributed by atoms with Crippen LogP contribution >= 0.6 is 27.7 Å². The Kier molecular flexibility index (Phi) is 5.72. The third-order valence-corrected chi connectivity index (χ3v) is 4.20. The number of nitro groups is 1. The lowest BCUT2D eigenvalue weighted by molar-refractivity contribution is -0.387. The second kappa shape index (κ2) is 7.75. The summed E-state index contributed by atoms with van der Waals surface area (Å²) in [5.74, 6) is -0.182. The number of hydrogen-bond donors (Lipinski definition) is 2. The molecular formula is C14H12BrN5O2S. The molecule has 0 bridgehead atoms. The van der Waals surface area contributed by atoms with Gasteiger partial charge in [0.2, 0.25) is 5.96 Å². The lowest BCUT2D eigenvalue weighted by atomic mass is 10.2. The predicted molar refractivity (Wildman–Crippen MR) is 94.8 cm³/mol. The highest BCUT2D eigenvalue weighted by molar-refractivity contribution is 9.10. The Bertz CT molecular complexity index is 773. The van der Waals surface area contributed by atoms with Crippen LogP contribution in [0.4, 0.5) is 5.69 Å². The van der Waals surface area contributed by atoms with Crippen molar-refractivity contribution in [2.24, 2.45) is 21.7 Å². The minimum Gasteiger partial charge on any atom is -0.369 e. The first kappa shape index (κ1) is 17.0. The molecular weight excluding hydrogens is 382 g/mol. The van der Waals surface area contributed by atoms with Gasteiger partial charge in [-0.3, -0.25) is 10.1 Å². The summed E-state index contributed by atoms with van der Waals surface area (Å²) < 4.78 is 0.947. The average Bonchev–Trinajstić information content (AvgIpc) is 2.50. The van der Waals surface area contributed by atoms with Crippen LogP contribution in [0.2, 0.25) is 0 Å². The predicted octanol–water partition coefficient (Wildman–Crippen LogP) is 3.12. The molecule has 0 atom stereocenters. The Hall–Kier alpha value is -2.39. The summed E-state index contributed by atoms with van der Waals surface area (Å²) in [5, 5.41) is 18.4. The largest absolute Gasteiger partial charge is 0.369 e. The van der Waals surface area contributed by atoms with Crippen molar-refractivity contribution in [1.82, 2.24) is 0 Å². The second-order valence-electron chi connectivity index (χ2n) is 4.31. The number of halogens is 1. The zero-order valence-electron chi connectivity index (χ0n) is 11.7. The van der Waals surface area contributed by atoms with Crippen LogP contribution in [-0.4, -0.2) is 17.1 Å². The summed E-state index contributed by atoms with van der Waals surface area (Å²) in [6.07, 6.45) is 1.35. The molecule has 23 heavy (non-hydrogen) atoms. The van der Waals surface area contributed by atoms with E-state index in [4.69, 9.17) is 11.5 Å². The molecule has 2 aromatic rings. The van der Waals surface area contributed by atoms with Gasteiger partial charge >= 0.3 is 0 Å². The molecule has 4 N–H and O–H groups in total. The van der Waals surface area contributed by atoms with Gasteiger partial charge in [0.1, 0.15) is 0 Å². The molecule has 0 heterocycles. The molecule has 0 aliphatic carbocycles. The summed E-state index contributed by atoms with van der Waals surface area (Å²) in [7, 11) is 0.